The fraction of sp³-hybridized carbons (Fsp3) is 0.278. The van der Waals surface area contributed by atoms with Gasteiger partial charge in [-0.1, -0.05) is 30.8 Å². The van der Waals surface area contributed by atoms with Crippen LogP contribution in [0.3, 0.4) is 0 Å². The topological polar surface area (TPSA) is 61.6 Å². The Morgan fingerprint density at radius 1 is 1.46 bits per heavy atom. The Bertz CT molecular complexity index is 811. The summed E-state index contributed by atoms with van der Waals surface area (Å²) in [6, 6.07) is 3.83. The lowest BCUT2D eigenvalue weighted by Gasteiger charge is -2.13. The van der Waals surface area contributed by atoms with Crippen molar-refractivity contribution < 1.29 is 0 Å². The summed E-state index contributed by atoms with van der Waals surface area (Å²) in [6.07, 6.45) is 6.57. The Morgan fingerprint density at radius 3 is 2.85 bits per heavy atom. The SMILES string of the molecule is C=CC(Cl)CC(Cl)/C=C(\CC)C1=CS/C(=C(/C#N)c2ccnc(Cl)n2)N1. The molecule has 136 valence electrons. The Balaban J connectivity index is 2.21. The van der Waals surface area contributed by atoms with Crippen LogP contribution in [0, 0.1) is 11.3 Å². The fourth-order valence-corrected chi connectivity index (χ4v) is 3.93. The molecule has 2 rings (SSSR count). The summed E-state index contributed by atoms with van der Waals surface area (Å²) >= 11 is 19.7. The van der Waals surface area contributed by atoms with E-state index in [1.165, 1.54) is 18.0 Å². The molecule has 0 fully saturated rings. The molecular formula is C18H17Cl3N4S. The molecule has 1 aromatic heterocycles. The van der Waals surface area contributed by atoms with Gasteiger partial charge in [0.05, 0.1) is 21.5 Å². The Morgan fingerprint density at radius 2 is 2.23 bits per heavy atom. The molecule has 2 heterocycles. The molecule has 0 spiro atoms. The highest BCUT2D eigenvalue weighted by atomic mass is 35.5. The van der Waals surface area contributed by atoms with Gasteiger partial charge in [-0.3, -0.25) is 0 Å². The number of nitrogens with zero attached hydrogens (tertiary/aromatic N) is 3. The van der Waals surface area contributed by atoms with Gasteiger partial charge in [0, 0.05) is 17.3 Å². The molecule has 1 aliphatic heterocycles. The molecule has 0 aromatic carbocycles. The lowest BCUT2D eigenvalue weighted by molar-refractivity contribution is 0.867. The normalized spacial score (nSPS) is 18.4. The van der Waals surface area contributed by atoms with E-state index in [2.05, 4.69) is 27.9 Å². The first-order chi connectivity index (χ1) is 12.5. The summed E-state index contributed by atoms with van der Waals surface area (Å²) in [7, 11) is 0. The molecule has 0 aliphatic carbocycles. The smallest absolute Gasteiger partial charge is 0.222 e. The largest absolute Gasteiger partial charge is 0.348 e. The van der Waals surface area contributed by atoms with Crippen LogP contribution >= 0.6 is 46.6 Å². The van der Waals surface area contributed by atoms with Crippen LogP contribution in [0.2, 0.25) is 5.28 Å². The average Bonchev–Trinajstić information content (AvgIpc) is 3.09. The van der Waals surface area contributed by atoms with E-state index in [1.54, 1.807) is 12.1 Å². The van der Waals surface area contributed by atoms with Crippen molar-refractivity contribution in [2.45, 2.75) is 30.5 Å². The number of hydrogen-bond donors (Lipinski definition) is 1. The summed E-state index contributed by atoms with van der Waals surface area (Å²) in [5.41, 5.74) is 2.86. The second kappa shape index (κ2) is 10.0. The molecule has 1 aliphatic rings. The minimum atomic E-state index is -0.206. The van der Waals surface area contributed by atoms with Gasteiger partial charge in [-0.15, -0.1) is 29.8 Å². The summed E-state index contributed by atoms with van der Waals surface area (Å²) in [6.45, 7) is 5.72. The van der Waals surface area contributed by atoms with E-state index in [9.17, 15) is 5.26 Å². The molecule has 0 saturated heterocycles. The van der Waals surface area contributed by atoms with Crippen molar-refractivity contribution >= 4 is 52.1 Å². The lowest BCUT2D eigenvalue weighted by atomic mass is 10.1. The molecule has 8 heteroatoms. The van der Waals surface area contributed by atoms with Crippen LogP contribution in [0.15, 0.2) is 52.7 Å². The minimum Gasteiger partial charge on any atom is -0.348 e. The van der Waals surface area contributed by atoms with Crippen molar-refractivity contribution in [2.75, 3.05) is 0 Å². The van der Waals surface area contributed by atoms with Crippen LogP contribution in [-0.2, 0) is 0 Å². The van der Waals surface area contributed by atoms with Crippen molar-refractivity contribution in [1.82, 2.24) is 15.3 Å². The number of halogens is 3. The van der Waals surface area contributed by atoms with Crippen LogP contribution in [0.25, 0.3) is 5.57 Å². The molecule has 0 amide bonds. The van der Waals surface area contributed by atoms with Gasteiger partial charge in [0.2, 0.25) is 5.28 Å². The van der Waals surface area contributed by atoms with Gasteiger partial charge in [-0.05, 0) is 36.1 Å². The first-order valence-corrected chi connectivity index (χ1v) is 10.00. The summed E-state index contributed by atoms with van der Waals surface area (Å²) < 4.78 is 0. The van der Waals surface area contributed by atoms with E-state index in [1.807, 2.05) is 18.4 Å². The Labute approximate surface area is 172 Å². The number of alkyl halides is 2. The molecule has 1 N–H and O–H groups in total. The quantitative estimate of drug-likeness (QED) is 0.264. The van der Waals surface area contributed by atoms with Crippen molar-refractivity contribution in [3.05, 3.63) is 63.7 Å². The van der Waals surface area contributed by atoms with E-state index in [0.29, 0.717) is 22.7 Å². The van der Waals surface area contributed by atoms with E-state index in [-0.39, 0.29) is 16.0 Å². The number of hydrogen-bond acceptors (Lipinski definition) is 5. The predicted molar refractivity (Wildman–Crippen MR) is 111 cm³/mol. The molecule has 0 bridgehead atoms. The fourth-order valence-electron chi connectivity index (χ4n) is 2.27. The average molecular weight is 428 g/mol. The highest BCUT2D eigenvalue weighted by Crippen LogP contribution is 2.34. The standard InChI is InChI=1S/C18H17Cl3N4S/c1-3-11(7-13(20)8-12(19)4-2)16-10-26-17(24-16)14(9-22)15-5-6-23-18(21)25-15/h4-7,10,12-13,24H,2-3,8H2,1H3/b11-7+,17-14-. The number of aromatic nitrogens is 2. The molecule has 4 nitrogen and oxygen atoms in total. The third-order valence-electron chi connectivity index (χ3n) is 3.58. The van der Waals surface area contributed by atoms with E-state index < -0.39 is 0 Å². The number of nitrogens with one attached hydrogen (secondary N) is 1. The number of rotatable bonds is 7. The first-order valence-electron chi connectivity index (χ1n) is 7.87. The monoisotopic (exact) mass is 426 g/mol. The number of thioether (sulfide) groups is 1. The molecule has 2 atom stereocenters. The van der Waals surface area contributed by atoms with Gasteiger partial charge in [-0.2, -0.15) is 5.26 Å². The van der Waals surface area contributed by atoms with Crippen LogP contribution in [0.1, 0.15) is 25.5 Å². The van der Waals surface area contributed by atoms with Crippen LogP contribution in [0.4, 0.5) is 0 Å². The highest BCUT2D eigenvalue weighted by Gasteiger charge is 2.20. The number of allylic oxidation sites excluding steroid dienone is 4. The van der Waals surface area contributed by atoms with Gasteiger partial charge < -0.3 is 5.32 Å². The zero-order chi connectivity index (χ0) is 19.1. The molecule has 0 saturated carbocycles. The highest BCUT2D eigenvalue weighted by molar-refractivity contribution is 8.06. The van der Waals surface area contributed by atoms with Gasteiger partial charge in [0.15, 0.2) is 0 Å². The summed E-state index contributed by atoms with van der Waals surface area (Å²) in [5.74, 6) is 0. The minimum absolute atomic E-state index is 0.101. The van der Waals surface area contributed by atoms with E-state index in [4.69, 9.17) is 34.8 Å². The molecular weight excluding hydrogens is 411 g/mol. The Kier molecular flexibility index (Phi) is 8.05. The molecule has 26 heavy (non-hydrogen) atoms. The number of nitriles is 1. The maximum absolute atomic E-state index is 9.54. The zero-order valence-corrected chi connectivity index (χ0v) is 17.1. The van der Waals surface area contributed by atoms with Crippen molar-refractivity contribution in [3.63, 3.8) is 0 Å². The summed E-state index contributed by atoms with van der Waals surface area (Å²) in [4.78, 5) is 7.95. The maximum atomic E-state index is 9.54. The van der Waals surface area contributed by atoms with Gasteiger partial charge in [-0.25, -0.2) is 9.97 Å². The van der Waals surface area contributed by atoms with Crippen LogP contribution < -0.4 is 5.32 Å². The molecule has 1 aromatic rings. The zero-order valence-electron chi connectivity index (χ0n) is 14.0. The second-order valence-electron chi connectivity index (χ2n) is 5.35. The summed E-state index contributed by atoms with van der Waals surface area (Å²) in [5, 5.41) is 15.2. The maximum Gasteiger partial charge on any atom is 0.222 e. The van der Waals surface area contributed by atoms with Crippen LogP contribution in [-0.4, -0.2) is 20.7 Å². The third kappa shape index (κ3) is 5.52. The van der Waals surface area contributed by atoms with E-state index in [0.717, 1.165) is 17.7 Å². The van der Waals surface area contributed by atoms with Crippen molar-refractivity contribution in [3.8, 4) is 6.07 Å². The molecule has 0 radical (unpaired) electrons. The van der Waals surface area contributed by atoms with Gasteiger partial charge in [0.1, 0.15) is 11.6 Å². The second-order valence-corrected chi connectivity index (χ2v) is 7.69. The van der Waals surface area contributed by atoms with E-state index >= 15 is 0 Å². The lowest BCUT2D eigenvalue weighted by Crippen LogP contribution is -2.11. The molecule has 2 unspecified atom stereocenters. The Hall–Kier alpha value is -1.45. The third-order valence-corrected chi connectivity index (χ3v) is 5.32. The van der Waals surface area contributed by atoms with Crippen molar-refractivity contribution in [2.24, 2.45) is 0 Å². The predicted octanol–water partition coefficient (Wildman–Crippen LogP) is 5.63. The van der Waals surface area contributed by atoms with Gasteiger partial charge in [0.25, 0.3) is 0 Å². The van der Waals surface area contributed by atoms with Crippen molar-refractivity contribution in [1.29, 1.82) is 5.26 Å². The first kappa shape index (κ1) is 20.9. The van der Waals surface area contributed by atoms with Gasteiger partial charge >= 0.3 is 0 Å². The van der Waals surface area contributed by atoms with Crippen LogP contribution in [0.5, 0.6) is 0 Å².